The van der Waals surface area contributed by atoms with Crippen molar-refractivity contribution in [1.29, 1.82) is 0 Å². The number of carbonyl (C=O) groups is 1. The third-order valence-corrected chi connectivity index (χ3v) is 2.89. The molecule has 0 unspecified atom stereocenters. The fraction of sp³-hybridized carbons (Fsp3) is 0.500. The second kappa shape index (κ2) is 4.67. The summed E-state index contributed by atoms with van der Waals surface area (Å²) in [6.45, 7) is 6.91. The van der Waals surface area contributed by atoms with Gasteiger partial charge in [-0.05, 0) is 38.3 Å². The van der Waals surface area contributed by atoms with Crippen LogP contribution in [0.4, 0.5) is 4.79 Å². The minimum absolute atomic E-state index is 0.254. The van der Waals surface area contributed by atoms with Gasteiger partial charge in [0.15, 0.2) is 0 Å². The van der Waals surface area contributed by atoms with Crippen LogP contribution in [-0.4, -0.2) is 31.0 Å². The summed E-state index contributed by atoms with van der Waals surface area (Å²) in [7, 11) is 5.77. The number of fused-ring (bicyclic) bond motifs is 1. The normalized spacial score (nSPS) is 15.2. The highest BCUT2D eigenvalue weighted by Gasteiger charge is 2.25. The minimum Gasteiger partial charge on any atom is -0.444 e. The third kappa shape index (κ3) is 3.06. The Morgan fingerprint density at radius 3 is 2.72 bits per heavy atom. The van der Waals surface area contributed by atoms with Gasteiger partial charge in [0.25, 0.3) is 0 Å². The van der Waals surface area contributed by atoms with E-state index >= 15 is 0 Å². The van der Waals surface area contributed by atoms with Crippen LogP contribution in [-0.2, 0) is 17.7 Å². The van der Waals surface area contributed by atoms with Crippen molar-refractivity contribution in [3.63, 3.8) is 0 Å². The van der Waals surface area contributed by atoms with Gasteiger partial charge in [0.05, 0.1) is 0 Å². The predicted octanol–water partition coefficient (Wildman–Crippen LogP) is 1.77. The Labute approximate surface area is 110 Å². The van der Waals surface area contributed by atoms with Crippen molar-refractivity contribution in [2.45, 2.75) is 39.3 Å². The zero-order valence-electron chi connectivity index (χ0n) is 11.2. The molecule has 94 valence electrons. The lowest BCUT2D eigenvalue weighted by molar-refractivity contribution is 0.0224. The molecule has 1 heterocycles. The van der Waals surface area contributed by atoms with Gasteiger partial charge in [-0.25, -0.2) is 4.79 Å². The fourth-order valence-electron chi connectivity index (χ4n) is 2.06. The van der Waals surface area contributed by atoms with E-state index in [1.807, 2.05) is 39.0 Å². The summed E-state index contributed by atoms with van der Waals surface area (Å²) in [4.78, 5) is 13.7. The number of benzene rings is 1. The first-order chi connectivity index (χ1) is 8.35. The van der Waals surface area contributed by atoms with E-state index in [0.717, 1.165) is 17.4 Å². The van der Waals surface area contributed by atoms with Gasteiger partial charge < -0.3 is 9.64 Å². The maximum Gasteiger partial charge on any atom is 0.410 e. The van der Waals surface area contributed by atoms with Gasteiger partial charge in [0, 0.05) is 13.1 Å². The highest BCUT2D eigenvalue weighted by atomic mass is 16.6. The van der Waals surface area contributed by atoms with Crippen LogP contribution >= 0.6 is 0 Å². The molecule has 0 N–H and O–H groups in total. The topological polar surface area (TPSA) is 29.5 Å². The second-order valence-electron chi connectivity index (χ2n) is 5.68. The molecule has 0 saturated heterocycles. The molecule has 2 radical (unpaired) electrons. The average Bonchev–Trinajstić information content (AvgIpc) is 2.25. The molecule has 0 spiro atoms. The number of rotatable bonds is 0. The Morgan fingerprint density at radius 1 is 1.33 bits per heavy atom. The molecule has 0 saturated carbocycles. The van der Waals surface area contributed by atoms with Crippen LogP contribution in [0.5, 0.6) is 0 Å². The lowest BCUT2D eigenvalue weighted by Gasteiger charge is -2.31. The molecule has 0 fully saturated rings. The van der Waals surface area contributed by atoms with Gasteiger partial charge >= 0.3 is 6.09 Å². The van der Waals surface area contributed by atoms with Crippen molar-refractivity contribution in [3.05, 3.63) is 29.3 Å². The van der Waals surface area contributed by atoms with E-state index in [0.29, 0.717) is 13.1 Å². The zero-order valence-corrected chi connectivity index (χ0v) is 11.2. The molecular weight excluding hydrogens is 225 g/mol. The molecule has 0 aromatic heterocycles. The summed E-state index contributed by atoms with van der Waals surface area (Å²) in [5.41, 5.74) is 2.67. The molecule has 3 nitrogen and oxygen atoms in total. The molecule has 4 heteroatoms. The van der Waals surface area contributed by atoms with E-state index in [-0.39, 0.29) is 6.09 Å². The Kier molecular flexibility index (Phi) is 3.37. The Bertz CT molecular complexity index is 465. The molecule has 0 bridgehead atoms. The number of nitrogens with zero attached hydrogens (tertiary/aromatic N) is 1. The van der Waals surface area contributed by atoms with Gasteiger partial charge in [-0.2, -0.15) is 0 Å². The molecule has 18 heavy (non-hydrogen) atoms. The lowest BCUT2D eigenvalue weighted by Crippen LogP contribution is -2.40. The van der Waals surface area contributed by atoms with Gasteiger partial charge in [0.2, 0.25) is 0 Å². The monoisotopic (exact) mass is 243 g/mol. The number of ether oxygens (including phenoxy) is 1. The van der Waals surface area contributed by atoms with Gasteiger partial charge in [-0.1, -0.05) is 23.7 Å². The van der Waals surface area contributed by atoms with Crippen LogP contribution in [0.3, 0.4) is 0 Å². The Morgan fingerprint density at radius 2 is 2.06 bits per heavy atom. The summed E-state index contributed by atoms with van der Waals surface area (Å²) >= 11 is 0. The first-order valence-electron chi connectivity index (χ1n) is 6.20. The van der Waals surface area contributed by atoms with E-state index in [4.69, 9.17) is 12.6 Å². The quantitative estimate of drug-likeness (QED) is 0.650. The van der Waals surface area contributed by atoms with Crippen molar-refractivity contribution in [1.82, 2.24) is 4.90 Å². The molecule has 1 amide bonds. The van der Waals surface area contributed by atoms with Crippen LogP contribution in [0.1, 0.15) is 31.9 Å². The summed E-state index contributed by atoms with van der Waals surface area (Å²) in [6, 6.07) is 5.88. The van der Waals surface area contributed by atoms with Crippen molar-refractivity contribution in [2.24, 2.45) is 0 Å². The summed E-state index contributed by atoms with van der Waals surface area (Å²) < 4.78 is 5.38. The van der Waals surface area contributed by atoms with Gasteiger partial charge in [-0.15, -0.1) is 0 Å². The third-order valence-electron chi connectivity index (χ3n) is 2.89. The Hall–Kier alpha value is -1.45. The predicted molar refractivity (Wildman–Crippen MR) is 72.2 cm³/mol. The number of hydrogen-bond acceptors (Lipinski definition) is 2. The number of amides is 1. The van der Waals surface area contributed by atoms with Crippen molar-refractivity contribution < 1.29 is 9.53 Å². The summed E-state index contributed by atoms with van der Waals surface area (Å²) in [5.74, 6) is 0. The van der Waals surface area contributed by atoms with Crippen LogP contribution in [0.2, 0.25) is 0 Å². The summed E-state index contributed by atoms with van der Waals surface area (Å²) in [5, 5.41) is 0. The van der Waals surface area contributed by atoms with Crippen LogP contribution in [0, 0.1) is 0 Å². The van der Waals surface area contributed by atoms with E-state index in [9.17, 15) is 4.79 Å². The first-order valence-corrected chi connectivity index (χ1v) is 6.20. The lowest BCUT2D eigenvalue weighted by atomic mass is 9.89. The molecule has 2 rings (SSSR count). The molecule has 0 atom stereocenters. The van der Waals surface area contributed by atoms with E-state index in [1.165, 1.54) is 5.56 Å². The van der Waals surface area contributed by atoms with E-state index in [2.05, 4.69) is 0 Å². The fourth-order valence-corrected chi connectivity index (χ4v) is 2.06. The highest BCUT2D eigenvalue weighted by Crippen LogP contribution is 2.20. The van der Waals surface area contributed by atoms with Crippen LogP contribution in [0.15, 0.2) is 18.2 Å². The molecule has 1 aliphatic rings. The molecule has 1 aromatic rings. The molecule has 1 aromatic carbocycles. The molecule has 1 aliphatic heterocycles. The SMILES string of the molecule is [B]c1ccc2c(c1)CN(C(=O)OC(C)(C)C)CC2. The van der Waals surface area contributed by atoms with Crippen LogP contribution < -0.4 is 5.46 Å². The van der Waals surface area contributed by atoms with Gasteiger partial charge in [0.1, 0.15) is 13.4 Å². The number of carbonyl (C=O) groups excluding carboxylic acids is 1. The average molecular weight is 243 g/mol. The molecule has 0 aliphatic carbocycles. The maximum absolute atomic E-state index is 12.0. The largest absolute Gasteiger partial charge is 0.444 e. The minimum atomic E-state index is -0.451. The van der Waals surface area contributed by atoms with Crippen LogP contribution in [0.25, 0.3) is 0 Å². The standard InChI is InChI=1S/C14H18BNO2/c1-14(2,3)18-13(17)16-7-6-10-4-5-12(15)8-11(10)9-16/h4-5,8H,6-7,9H2,1-3H3. The first kappa shape index (κ1) is 13.0. The smallest absolute Gasteiger partial charge is 0.410 e. The van der Waals surface area contributed by atoms with Crippen molar-refractivity contribution in [3.8, 4) is 0 Å². The van der Waals surface area contributed by atoms with Crippen molar-refractivity contribution in [2.75, 3.05) is 6.54 Å². The molecular formula is C14H18BNO2. The summed E-state index contributed by atoms with van der Waals surface area (Å²) in [6.07, 6.45) is 0.602. The number of hydrogen-bond donors (Lipinski definition) is 0. The van der Waals surface area contributed by atoms with E-state index in [1.54, 1.807) is 4.90 Å². The Balaban J connectivity index is 2.09. The highest BCUT2D eigenvalue weighted by molar-refractivity contribution is 6.32. The van der Waals surface area contributed by atoms with Gasteiger partial charge in [-0.3, -0.25) is 0 Å². The second-order valence-corrected chi connectivity index (χ2v) is 5.68. The van der Waals surface area contributed by atoms with E-state index < -0.39 is 5.60 Å². The van der Waals surface area contributed by atoms with Crippen molar-refractivity contribution >= 4 is 19.4 Å². The zero-order chi connectivity index (χ0) is 13.3. The maximum atomic E-state index is 12.0.